The fourth-order valence-corrected chi connectivity index (χ4v) is 3.08. The Morgan fingerprint density at radius 1 is 1.40 bits per heavy atom. The lowest BCUT2D eigenvalue weighted by atomic mass is 9.99. The Morgan fingerprint density at radius 3 is 3.00 bits per heavy atom. The topological polar surface area (TPSA) is 70.8 Å². The minimum atomic E-state index is 0.189. The number of nitrogens with zero attached hydrogens (tertiary/aromatic N) is 3. The molecule has 0 radical (unpaired) electrons. The number of aromatic amines is 1. The van der Waals surface area contributed by atoms with Crippen LogP contribution in [0.15, 0.2) is 28.7 Å². The Labute approximate surface area is 126 Å². The molecule has 5 nitrogen and oxygen atoms in total. The Kier molecular flexibility index (Phi) is 3.76. The zero-order valence-electron chi connectivity index (χ0n) is 11.4. The molecule has 1 aliphatic rings. The van der Waals surface area contributed by atoms with Crippen molar-refractivity contribution in [1.82, 2.24) is 15.2 Å². The van der Waals surface area contributed by atoms with Crippen molar-refractivity contribution in [2.24, 2.45) is 5.73 Å². The first kappa shape index (κ1) is 13.6. The van der Waals surface area contributed by atoms with Gasteiger partial charge in [-0.25, -0.2) is 0 Å². The molecule has 0 bridgehead atoms. The van der Waals surface area contributed by atoms with Crippen molar-refractivity contribution in [2.75, 3.05) is 11.4 Å². The highest BCUT2D eigenvalue weighted by Crippen LogP contribution is 2.27. The summed E-state index contributed by atoms with van der Waals surface area (Å²) in [5.41, 5.74) is 7.15. The van der Waals surface area contributed by atoms with Gasteiger partial charge in [-0.05, 0) is 25.8 Å². The first-order chi connectivity index (χ1) is 9.66. The van der Waals surface area contributed by atoms with E-state index >= 15 is 0 Å². The predicted octanol–water partition coefficient (Wildman–Crippen LogP) is 2.55. The van der Waals surface area contributed by atoms with Crippen LogP contribution >= 0.6 is 15.9 Å². The molecule has 3 rings (SSSR count). The van der Waals surface area contributed by atoms with Gasteiger partial charge < -0.3 is 10.6 Å². The number of rotatable bonds is 2. The van der Waals surface area contributed by atoms with E-state index in [0.717, 1.165) is 41.2 Å². The molecule has 2 atom stereocenters. The van der Waals surface area contributed by atoms with Gasteiger partial charge in [-0.2, -0.15) is 4.98 Å². The van der Waals surface area contributed by atoms with Gasteiger partial charge in [-0.3, -0.25) is 5.10 Å². The summed E-state index contributed by atoms with van der Waals surface area (Å²) in [5.74, 6) is 1.51. The quantitative estimate of drug-likeness (QED) is 0.884. The average Bonchev–Trinajstić information content (AvgIpc) is 2.92. The summed E-state index contributed by atoms with van der Waals surface area (Å²) in [6.07, 6.45) is 2.16. The molecule has 1 fully saturated rings. The smallest absolute Gasteiger partial charge is 0.245 e. The summed E-state index contributed by atoms with van der Waals surface area (Å²) >= 11 is 3.54. The summed E-state index contributed by atoms with van der Waals surface area (Å²) in [7, 11) is 0. The van der Waals surface area contributed by atoms with Crippen LogP contribution < -0.4 is 10.6 Å². The van der Waals surface area contributed by atoms with Gasteiger partial charge in [0.05, 0.1) is 0 Å². The van der Waals surface area contributed by atoms with E-state index in [2.05, 4.69) is 42.9 Å². The summed E-state index contributed by atoms with van der Waals surface area (Å²) in [5, 5.41) is 7.38. The molecular formula is C14H18BrN5. The number of H-pyrrole nitrogens is 1. The molecule has 20 heavy (non-hydrogen) atoms. The number of hydrogen-bond acceptors (Lipinski definition) is 4. The highest BCUT2D eigenvalue weighted by molar-refractivity contribution is 9.10. The Morgan fingerprint density at radius 2 is 2.20 bits per heavy atom. The molecule has 2 aromatic rings. The molecule has 2 unspecified atom stereocenters. The second kappa shape index (κ2) is 5.54. The number of halogens is 1. The van der Waals surface area contributed by atoms with E-state index in [1.54, 1.807) is 0 Å². The van der Waals surface area contributed by atoms with Crippen LogP contribution in [0, 0.1) is 0 Å². The van der Waals surface area contributed by atoms with Crippen molar-refractivity contribution in [2.45, 2.75) is 31.8 Å². The standard InChI is InChI=1S/C14H18BrN5/c1-9-12(16)7-4-8-20(9)14-17-13(18-19-14)10-5-2-3-6-11(10)15/h2-3,5-6,9,12H,4,7-8,16H2,1H3,(H,17,18,19). The summed E-state index contributed by atoms with van der Waals surface area (Å²) in [6, 6.07) is 8.44. The maximum Gasteiger partial charge on any atom is 0.245 e. The van der Waals surface area contributed by atoms with Crippen LogP contribution in [0.3, 0.4) is 0 Å². The van der Waals surface area contributed by atoms with Crippen molar-refractivity contribution < 1.29 is 0 Å². The molecule has 1 aromatic heterocycles. The van der Waals surface area contributed by atoms with Gasteiger partial charge in [-0.1, -0.05) is 34.1 Å². The van der Waals surface area contributed by atoms with Gasteiger partial charge in [0, 0.05) is 28.7 Å². The van der Waals surface area contributed by atoms with Crippen molar-refractivity contribution in [3.05, 3.63) is 28.7 Å². The zero-order chi connectivity index (χ0) is 14.1. The van der Waals surface area contributed by atoms with Gasteiger partial charge in [0.2, 0.25) is 5.95 Å². The van der Waals surface area contributed by atoms with Crippen LogP contribution in [0.2, 0.25) is 0 Å². The second-order valence-electron chi connectivity index (χ2n) is 5.20. The number of anilines is 1. The van der Waals surface area contributed by atoms with Gasteiger partial charge in [0.25, 0.3) is 0 Å². The minimum Gasteiger partial charge on any atom is -0.335 e. The molecule has 0 spiro atoms. The van der Waals surface area contributed by atoms with Crippen LogP contribution in [0.5, 0.6) is 0 Å². The van der Waals surface area contributed by atoms with Crippen molar-refractivity contribution in [1.29, 1.82) is 0 Å². The molecule has 1 aromatic carbocycles. The summed E-state index contributed by atoms with van der Waals surface area (Å²) in [6.45, 7) is 3.10. The third-order valence-corrected chi connectivity index (χ3v) is 4.60. The van der Waals surface area contributed by atoms with E-state index in [4.69, 9.17) is 5.73 Å². The lowest BCUT2D eigenvalue weighted by Crippen LogP contribution is -2.50. The minimum absolute atomic E-state index is 0.189. The molecular weight excluding hydrogens is 318 g/mol. The molecule has 2 heterocycles. The summed E-state index contributed by atoms with van der Waals surface area (Å²) in [4.78, 5) is 6.81. The highest BCUT2D eigenvalue weighted by Gasteiger charge is 2.27. The lowest BCUT2D eigenvalue weighted by molar-refractivity contribution is 0.416. The maximum absolute atomic E-state index is 6.13. The van der Waals surface area contributed by atoms with E-state index in [1.807, 2.05) is 24.3 Å². The van der Waals surface area contributed by atoms with Crippen LogP contribution in [0.1, 0.15) is 19.8 Å². The van der Waals surface area contributed by atoms with Gasteiger partial charge >= 0.3 is 0 Å². The van der Waals surface area contributed by atoms with Crippen LogP contribution in [0.25, 0.3) is 11.4 Å². The first-order valence-electron chi connectivity index (χ1n) is 6.86. The molecule has 106 valence electrons. The fraction of sp³-hybridized carbons (Fsp3) is 0.429. The van der Waals surface area contributed by atoms with E-state index in [1.165, 1.54) is 0 Å². The Hall–Kier alpha value is -1.40. The van der Waals surface area contributed by atoms with Crippen molar-refractivity contribution >= 4 is 21.9 Å². The SMILES string of the molecule is CC1C(N)CCCN1c1n[nH]c(-c2ccccc2Br)n1. The number of benzene rings is 1. The Bertz CT molecular complexity index is 597. The van der Waals surface area contributed by atoms with Crippen molar-refractivity contribution in [3.63, 3.8) is 0 Å². The average molecular weight is 336 g/mol. The van der Waals surface area contributed by atoms with Crippen LogP contribution in [-0.4, -0.2) is 33.8 Å². The lowest BCUT2D eigenvalue weighted by Gasteiger charge is -2.36. The molecule has 1 saturated heterocycles. The number of nitrogens with one attached hydrogen (secondary N) is 1. The summed E-state index contributed by atoms with van der Waals surface area (Å²) < 4.78 is 1.01. The number of hydrogen-bond donors (Lipinski definition) is 2. The van der Waals surface area contributed by atoms with E-state index < -0.39 is 0 Å². The van der Waals surface area contributed by atoms with E-state index in [9.17, 15) is 0 Å². The third-order valence-electron chi connectivity index (χ3n) is 3.91. The largest absolute Gasteiger partial charge is 0.335 e. The van der Waals surface area contributed by atoms with Gasteiger partial charge in [0.1, 0.15) is 0 Å². The first-order valence-corrected chi connectivity index (χ1v) is 7.65. The number of piperidine rings is 1. The second-order valence-corrected chi connectivity index (χ2v) is 6.06. The van der Waals surface area contributed by atoms with E-state index in [0.29, 0.717) is 0 Å². The van der Waals surface area contributed by atoms with Gasteiger partial charge in [-0.15, -0.1) is 5.10 Å². The highest BCUT2D eigenvalue weighted by atomic mass is 79.9. The zero-order valence-corrected chi connectivity index (χ0v) is 13.0. The number of nitrogens with two attached hydrogens (primary N) is 1. The molecule has 0 saturated carbocycles. The maximum atomic E-state index is 6.13. The normalized spacial score (nSPS) is 23.1. The number of aromatic nitrogens is 3. The van der Waals surface area contributed by atoms with E-state index in [-0.39, 0.29) is 12.1 Å². The molecule has 3 N–H and O–H groups in total. The van der Waals surface area contributed by atoms with Crippen molar-refractivity contribution in [3.8, 4) is 11.4 Å². The monoisotopic (exact) mass is 335 g/mol. The third kappa shape index (κ3) is 2.45. The fourth-order valence-electron chi connectivity index (χ4n) is 2.61. The van der Waals surface area contributed by atoms with Crippen LogP contribution in [0.4, 0.5) is 5.95 Å². The molecule has 0 aliphatic carbocycles. The van der Waals surface area contributed by atoms with Gasteiger partial charge in [0.15, 0.2) is 5.82 Å². The Balaban J connectivity index is 1.89. The van der Waals surface area contributed by atoms with Crippen LogP contribution in [-0.2, 0) is 0 Å². The molecule has 6 heteroatoms. The predicted molar refractivity (Wildman–Crippen MR) is 83.5 cm³/mol. The molecule has 1 aliphatic heterocycles. The molecule has 0 amide bonds.